The van der Waals surface area contributed by atoms with E-state index >= 15 is 0 Å². The molecule has 0 saturated carbocycles. The van der Waals surface area contributed by atoms with E-state index in [2.05, 4.69) is 20.2 Å². The van der Waals surface area contributed by atoms with E-state index in [0.717, 1.165) is 23.9 Å². The van der Waals surface area contributed by atoms with Crippen LogP contribution in [0.1, 0.15) is 0 Å². The van der Waals surface area contributed by atoms with Gasteiger partial charge in [-0.1, -0.05) is 6.07 Å². The minimum Gasteiger partial charge on any atom is -0.376 e. The molecule has 7 nitrogen and oxygen atoms in total. The zero-order chi connectivity index (χ0) is 17.7. The number of nitrogens with zero attached hydrogens (tertiary/aromatic N) is 3. The van der Waals surface area contributed by atoms with Crippen molar-refractivity contribution in [3.05, 3.63) is 42.1 Å². The summed E-state index contributed by atoms with van der Waals surface area (Å²) in [4.78, 5) is 0.850. The number of aromatic nitrogens is 2. The third-order valence-corrected chi connectivity index (χ3v) is 4.58. The highest BCUT2D eigenvalue weighted by molar-refractivity contribution is 7.89. The summed E-state index contributed by atoms with van der Waals surface area (Å²) in [6.07, 6.45) is 1.58. The number of hydrogen-bond acceptors (Lipinski definition) is 6. The van der Waals surface area contributed by atoms with E-state index in [-0.39, 0.29) is 13.1 Å². The molecule has 2 aromatic rings. The van der Waals surface area contributed by atoms with Gasteiger partial charge in [0.2, 0.25) is 10.0 Å². The molecule has 0 aliphatic rings. The van der Waals surface area contributed by atoms with Gasteiger partial charge in [0.15, 0.2) is 10.7 Å². The zero-order valence-corrected chi connectivity index (χ0v) is 13.9. The van der Waals surface area contributed by atoms with E-state index in [1.54, 1.807) is 12.3 Å². The second-order valence-electron chi connectivity index (χ2n) is 5.07. The fourth-order valence-electron chi connectivity index (χ4n) is 1.87. The van der Waals surface area contributed by atoms with Gasteiger partial charge in [0.05, 0.1) is 11.9 Å². The molecule has 1 aromatic carbocycles. The smallest absolute Gasteiger partial charge is 0.246 e. The van der Waals surface area contributed by atoms with Gasteiger partial charge in [0, 0.05) is 33.3 Å². The molecule has 1 aromatic heterocycles. The zero-order valence-electron chi connectivity index (χ0n) is 13.1. The van der Waals surface area contributed by atoms with Crippen LogP contribution in [0.15, 0.2) is 35.4 Å². The van der Waals surface area contributed by atoms with Crippen molar-refractivity contribution >= 4 is 21.5 Å². The van der Waals surface area contributed by atoms with E-state index in [1.807, 2.05) is 19.0 Å². The summed E-state index contributed by atoms with van der Waals surface area (Å²) in [5.74, 6) is -1.82. The monoisotopic (exact) mass is 357 g/mol. The third-order valence-electron chi connectivity index (χ3n) is 3.07. The Morgan fingerprint density at radius 3 is 2.46 bits per heavy atom. The number of hydrogen-bond donors (Lipinski definition) is 2. The van der Waals surface area contributed by atoms with Gasteiger partial charge >= 0.3 is 0 Å². The summed E-state index contributed by atoms with van der Waals surface area (Å²) in [5, 5.41) is 10.5. The fourth-order valence-corrected chi connectivity index (χ4v) is 3.04. The topological polar surface area (TPSA) is 87.2 Å². The van der Waals surface area contributed by atoms with Crippen LogP contribution in [0.3, 0.4) is 0 Å². The lowest BCUT2D eigenvalue weighted by Gasteiger charge is -2.13. The number of halogens is 2. The summed E-state index contributed by atoms with van der Waals surface area (Å²) >= 11 is 0. The summed E-state index contributed by atoms with van der Waals surface area (Å²) in [5.41, 5.74) is 0.821. The van der Waals surface area contributed by atoms with Gasteiger partial charge in [-0.25, -0.2) is 21.9 Å². The molecule has 10 heteroatoms. The van der Waals surface area contributed by atoms with Gasteiger partial charge in [-0.2, -0.15) is 5.10 Å². The van der Waals surface area contributed by atoms with Crippen molar-refractivity contribution in [2.45, 2.75) is 4.90 Å². The van der Waals surface area contributed by atoms with Crippen molar-refractivity contribution in [1.82, 2.24) is 14.9 Å². The quantitative estimate of drug-likeness (QED) is 0.725. The fraction of sp³-hybridized carbons (Fsp3) is 0.286. The Labute approximate surface area is 138 Å². The Bertz CT molecular complexity index is 794. The number of benzene rings is 1. The minimum atomic E-state index is -4.28. The lowest BCUT2D eigenvalue weighted by Crippen LogP contribution is -2.30. The molecular weight excluding hydrogens is 340 g/mol. The average Bonchev–Trinajstić information content (AvgIpc) is 2.51. The predicted molar refractivity (Wildman–Crippen MR) is 86.4 cm³/mol. The summed E-state index contributed by atoms with van der Waals surface area (Å²) in [6.45, 7) is 0.0881. The van der Waals surface area contributed by atoms with Crippen LogP contribution in [0.4, 0.5) is 20.3 Å². The van der Waals surface area contributed by atoms with Crippen molar-refractivity contribution in [1.29, 1.82) is 0 Å². The molecule has 0 atom stereocenters. The van der Waals surface area contributed by atoms with Crippen LogP contribution >= 0.6 is 0 Å². The maximum Gasteiger partial charge on any atom is 0.246 e. The lowest BCUT2D eigenvalue weighted by molar-refractivity contribution is 0.514. The van der Waals surface area contributed by atoms with E-state index in [9.17, 15) is 17.2 Å². The van der Waals surface area contributed by atoms with Crippen molar-refractivity contribution < 1.29 is 17.2 Å². The molecule has 0 amide bonds. The maximum atomic E-state index is 13.5. The highest BCUT2D eigenvalue weighted by Gasteiger charge is 2.23. The third kappa shape index (κ3) is 4.36. The van der Waals surface area contributed by atoms with Crippen LogP contribution < -0.4 is 14.9 Å². The highest BCUT2D eigenvalue weighted by Crippen LogP contribution is 2.17. The van der Waals surface area contributed by atoms with Gasteiger partial charge in [-0.3, -0.25) is 0 Å². The van der Waals surface area contributed by atoms with Crippen LogP contribution in [-0.4, -0.2) is 45.8 Å². The molecule has 0 spiro atoms. The Morgan fingerprint density at radius 1 is 1.17 bits per heavy atom. The molecule has 0 fully saturated rings. The molecule has 1 heterocycles. The molecule has 130 valence electrons. The van der Waals surface area contributed by atoms with Crippen LogP contribution in [0.25, 0.3) is 0 Å². The van der Waals surface area contributed by atoms with E-state index < -0.39 is 26.6 Å². The van der Waals surface area contributed by atoms with E-state index in [1.165, 1.54) is 0 Å². The normalized spacial score (nSPS) is 11.3. The molecule has 24 heavy (non-hydrogen) atoms. The van der Waals surface area contributed by atoms with Crippen LogP contribution in [0.2, 0.25) is 0 Å². The Balaban J connectivity index is 1.96. The molecule has 0 unspecified atom stereocenters. The standard InChI is InChI=1S/C14H17F2N5O2S/c1-21(2)10-8-13(20-18-9-10)17-6-7-19-24(22,23)14-11(15)4-3-5-12(14)16/h3-5,8-9,19H,6-7H2,1-2H3,(H,17,20). The second kappa shape index (κ2) is 7.49. The van der Waals surface area contributed by atoms with Gasteiger partial charge in [-0.05, 0) is 12.1 Å². The van der Waals surface area contributed by atoms with Crippen LogP contribution in [-0.2, 0) is 10.0 Å². The van der Waals surface area contributed by atoms with Crippen molar-refractivity contribution in [2.24, 2.45) is 0 Å². The first-order valence-electron chi connectivity index (χ1n) is 6.99. The van der Waals surface area contributed by atoms with Crippen molar-refractivity contribution in [2.75, 3.05) is 37.4 Å². The minimum absolute atomic E-state index is 0.0794. The summed E-state index contributed by atoms with van der Waals surface area (Å²) < 4.78 is 53.2. The van der Waals surface area contributed by atoms with Crippen LogP contribution in [0, 0.1) is 11.6 Å². The molecule has 0 aliphatic carbocycles. The lowest BCUT2D eigenvalue weighted by atomic mass is 10.3. The average molecular weight is 357 g/mol. The Morgan fingerprint density at radius 2 is 1.83 bits per heavy atom. The van der Waals surface area contributed by atoms with Crippen LogP contribution in [0.5, 0.6) is 0 Å². The van der Waals surface area contributed by atoms with E-state index in [4.69, 9.17) is 0 Å². The first-order valence-corrected chi connectivity index (χ1v) is 8.47. The molecule has 0 bridgehead atoms. The molecule has 2 N–H and O–H groups in total. The van der Waals surface area contributed by atoms with Crippen molar-refractivity contribution in [3.63, 3.8) is 0 Å². The first kappa shape index (κ1) is 18.0. The van der Waals surface area contributed by atoms with Gasteiger partial charge < -0.3 is 10.2 Å². The SMILES string of the molecule is CN(C)c1cnnc(NCCNS(=O)(=O)c2c(F)cccc2F)c1. The molecular formula is C14H17F2N5O2S. The van der Waals surface area contributed by atoms with E-state index in [0.29, 0.717) is 5.82 Å². The summed E-state index contributed by atoms with van der Waals surface area (Å²) in [7, 11) is -0.592. The van der Waals surface area contributed by atoms with Gasteiger partial charge in [0.25, 0.3) is 0 Å². The Kier molecular flexibility index (Phi) is 5.62. The predicted octanol–water partition coefficient (Wildman–Crippen LogP) is 1.21. The van der Waals surface area contributed by atoms with Crippen molar-refractivity contribution in [3.8, 4) is 0 Å². The Hall–Kier alpha value is -2.33. The highest BCUT2D eigenvalue weighted by atomic mass is 32.2. The second-order valence-corrected chi connectivity index (χ2v) is 6.77. The number of sulfonamides is 1. The molecule has 2 rings (SSSR count). The summed E-state index contributed by atoms with van der Waals surface area (Å²) in [6, 6.07) is 4.61. The van der Waals surface area contributed by atoms with Gasteiger partial charge in [0.1, 0.15) is 11.6 Å². The molecule has 0 radical (unpaired) electrons. The van der Waals surface area contributed by atoms with Gasteiger partial charge in [-0.15, -0.1) is 5.10 Å². The largest absolute Gasteiger partial charge is 0.376 e. The molecule has 0 saturated heterocycles. The number of nitrogens with one attached hydrogen (secondary N) is 2. The number of anilines is 2. The first-order chi connectivity index (χ1) is 11.3. The number of rotatable bonds is 7. The molecule has 0 aliphatic heterocycles. The maximum absolute atomic E-state index is 13.5.